The number of nitrogens with two attached hydrogens (primary N) is 1. The molecule has 0 aliphatic carbocycles. The minimum atomic E-state index is -4.58. The Balaban J connectivity index is 1.69. The van der Waals surface area contributed by atoms with Crippen LogP contribution in [0.1, 0.15) is 24.4 Å². The second-order valence-corrected chi connectivity index (χ2v) is 8.30. The standard InChI is InChI=1S/C23H22F4N6O2/c24-18-14-4-1-2-5-15(14)29-19(20(18)35-11-10-34)22-31-30-17-8-7-13(12-33(17)22)21(23(25,26)27)32-9-3-6-16(32)28/h1-2,4-5,7-8,12,16,21,34H,3,6,9-11,28H2/t16-,21+/m0/s1. The lowest BCUT2D eigenvalue weighted by Gasteiger charge is -2.32. The van der Waals surface area contributed by atoms with Crippen LogP contribution >= 0.6 is 0 Å². The molecule has 2 atom stereocenters. The van der Waals surface area contributed by atoms with E-state index in [0.717, 1.165) is 0 Å². The summed E-state index contributed by atoms with van der Waals surface area (Å²) in [7, 11) is 0. The molecule has 0 spiro atoms. The first-order chi connectivity index (χ1) is 16.8. The number of aromatic nitrogens is 4. The highest BCUT2D eigenvalue weighted by atomic mass is 19.4. The van der Waals surface area contributed by atoms with Gasteiger partial charge in [-0.1, -0.05) is 18.2 Å². The van der Waals surface area contributed by atoms with Crippen LogP contribution < -0.4 is 10.5 Å². The maximum Gasteiger partial charge on any atom is 0.408 e. The topological polar surface area (TPSA) is 102 Å². The Morgan fingerprint density at radius 3 is 2.69 bits per heavy atom. The van der Waals surface area contributed by atoms with Crippen LogP contribution in [0.4, 0.5) is 17.6 Å². The van der Waals surface area contributed by atoms with E-state index in [1.54, 1.807) is 18.2 Å². The largest absolute Gasteiger partial charge is 0.486 e. The molecule has 5 rings (SSSR count). The van der Waals surface area contributed by atoms with Gasteiger partial charge in [0, 0.05) is 18.1 Å². The molecule has 8 nitrogen and oxygen atoms in total. The maximum atomic E-state index is 15.4. The molecular formula is C23H22F4N6O2. The number of para-hydroxylation sites is 1. The molecule has 1 fully saturated rings. The van der Waals surface area contributed by atoms with Crippen LogP contribution in [0.3, 0.4) is 0 Å². The summed E-state index contributed by atoms with van der Waals surface area (Å²) in [5, 5.41) is 17.5. The second-order valence-electron chi connectivity index (χ2n) is 8.30. The van der Waals surface area contributed by atoms with E-state index in [1.165, 1.54) is 33.7 Å². The molecule has 1 aliphatic rings. The quantitative estimate of drug-likeness (QED) is 0.399. The molecule has 184 valence electrons. The van der Waals surface area contributed by atoms with Gasteiger partial charge in [0.1, 0.15) is 12.6 Å². The van der Waals surface area contributed by atoms with Crippen LogP contribution in [0.2, 0.25) is 0 Å². The van der Waals surface area contributed by atoms with E-state index in [-0.39, 0.29) is 53.6 Å². The molecule has 4 aromatic rings. The first-order valence-corrected chi connectivity index (χ1v) is 11.0. The molecular weight excluding hydrogens is 468 g/mol. The first-order valence-electron chi connectivity index (χ1n) is 11.0. The van der Waals surface area contributed by atoms with Gasteiger partial charge < -0.3 is 15.6 Å². The van der Waals surface area contributed by atoms with Gasteiger partial charge in [-0.05, 0) is 36.6 Å². The van der Waals surface area contributed by atoms with Gasteiger partial charge in [0.15, 0.2) is 28.7 Å². The number of likely N-dealkylation sites (tertiary alicyclic amines) is 1. The Morgan fingerprint density at radius 1 is 1.17 bits per heavy atom. The van der Waals surface area contributed by atoms with Gasteiger partial charge in [0.25, 0.3) is 0 Å². The predicted molar refractivity (Wildman–Crippen MR) is 119 cm³/mol. The number of hydrogen-bond donors (Lipinski definition) is 2. The zero-order valence-corrected chi connectivity index (χ0v) is 18.4. The number of alkyl halides is 3. The van der Waals surface area contributed by atoms with E-state index in [4.69, 9.17) is 10.5 Å². The average Bonchev–Trinajstić information content (AvgIpc) is 3.43. The lowest BCUT2D eigenvalue weighted by molar-refractivity contribution is -0.188. The molecule has 0 saturated carbocycles. The summed E-state index contributed by atoms with van der Waals surface area (Å²) in [6.07, 6.45) is -2.98. The second kappa shape index (κ2) is 9.02. The lowest BCUT2D eigenvalue weighted by atomic mass is 10.1. The van der Waals surface area contributed by atoms with Crippen molar-refractivity contribution in [3.8, 4) is 17.3 Å². The van der Waals surface area contributed by atoms with Crippen LogP contribution in [0.15, 0.2) is 42.6 Å². The van der Waals surface area contributed by atoms with Gasteiger partial charge in [0.2, 0.25) is 0 Å². The SMILES string of the molecule is N[C@@H]1CCCN1[C@H](c1ccc2nnc(-c3nc4ccccc4c(F)c3OCCO)n2c1)C(F)(F)F. The minimum absolute atomic E-state index is 0.00564. The molecule has 3 N–H and O–H groups in total. The first kappa shape index (κ1) is 23.4. The summed E-state index contributed by atoms with van der Waals surface area (Å²) in [5.74, 6) is -0.986. The number of halogens is 4. The summed E-state index contributed by atoms with van der Waals surface area (Å²) >= 11 is 0. The van der Waals surface area contributed by atoms with Gasteiger partial charge in [-0.3, -0.25) is 9.30 Å². The molecule has 1 aliphatic heterocycles. The number of fused-ring (bicyclic) bond motifs is 2. The number of benzene rings is 1. The van der Waals surface area contributed by atoms with E-state index >= 15 is 4.39 Å². The highest BCUT2D eigenvalue weighted by Gasteiger charge is 2.47. The Bertz CT molecular complexity index is 1380. The third-order valence-electron chi connectivity index (χ3n) is 6.06. The molecule has 4 heterocycles. The predicted octanol–water partition coefficient (Wildman–Crippen LogP) is 3.44. The minimum Gasteiger partial charge on any atom is -0.486 e. The van der Waals surface area contributed by atoms with Crippen molar-refractivity contribution in [2.24, 2.45) is 5.73 Å². The van der Waals surface area contributed by atoms with Crippen LogP contribution in [0, 0.1) is 5.82 Å². The Labute approximate surface area is 196 Å². The van der Waals surface area contributed by atoms with Crippen molar-refractivity contribution in [1.82, 2.24) is 24.5 Å². The number of aliphatic hydroxyl groups excluding tert-OH is 1. The number of pyridine rings is 2. The van der Waals surface area contributed by atoms with Crippen LogP contribution in [0.5, 0.6) is 5.75 Å². The van der Waals surface area contributed by atoms with Crippen molar-refractivity contribution in [2.75, 3.05) is 19.8 Å². The van der Waals surface area contributed by atoms with Gasteiger partial charge in [-0.15, -0.1) is 10.2 Å². The number of rotatable bonds is 6. The zero-order chi connectivity index (χ0) is 24.7. The normalized spacial score (nSPS) is 17.9. The fourth-order valence-electron chi connectivity index (χ4n) is 4.52. The van der Waals surface area contributed by atoms with Crippen molar-refractivity contribution in [2.45, 2.75) is 31.2 Å². The fourth-order valence-corrected chi connectivity index (χ4v) is 4.52. The van der Waals surface area contributed by atoms with Gasteiger partial charge in [-0.2, -0.15) is 13.2 Å². The fraction of sp³-hybridized carbons (Fsp3) is 0.348. The van der Waals surface area contributed by atoms with E-state index in [0.29, 0.717) is 18.4 Å². The number of nitrogens with zero attached hydrogens (tertiary/aromatic N) is 5. The van der Waals surface area contributed by atoms with Crippen LogP contribution in [-0.4, -0.2) is 61.7 Å². The van der Waals surface area contributed by atoms with Crippen LogP contribution in [-0.2, 0) is 0 Å². The molecule has 1 aromatic carbocycles. The van der Waals surface area contributed by atoms with Crippen molar-refractivity contribution in [3.63, 3.8) is 0 Å². The van der Waals surface area contributed by atoms with Gasteiger partial charge in [0.05, 0.1) is 18.3 Å². The van der Waals surface area contributed by atoms with E-state index in [9.17, 15) is 18.3 Å². The highest BCUT2D eigenvalue weighted by molar-refractivity contribution is 5.85. The Morgan fingerprint density at radius 2 is 1.97 bits per heavy atom. The molecule has 0 radical (unpaired) electrons. The van der Waals surface area contributed by atoms with Crippen LogP contribution in [0.25, 0.3) is 28.1 Å². The average molecular weight is 490 g/mol. The third kappa shape index (κ3) is 4.17. The smallest absolute Gasteiger partial charge is 0.408 e. The summed E-state index contributed by atoms with van der Waals surface area (Å²) in [6, 6.07) is 7.28. The summed E-state index contributed by atoms with van der Waals surface area (Å²) in [4.78, 5) is 5.70. The molecule has 12 heteroatoms. The summed E-state index contributed by atoms with van der Waals surface area (Å²) < 4.78 is 64.7. The van der Waals surface area contributed by atoms with Gasteiger partial charge >= 0.3 is 6.18 Å². The van der Waals surface area contributed by atoms with E-state index in [2.05, 4.69) is 15.2 Å². The molecule has 0 amide bonds. The number of ether oxygens (including phenoxy) is 1. The van der Waals surface area contributed by atoms with Crippen molar-refractivity contribution >= 4 is 16.6 Å². The Hall–Kier alpha value is -3.35. The molecule has 1 saturated heterocycles. The monoisotopic (exact) mass is 490 g/mol. The van der Waals surface area contributed by atoms with Crippen molar-refractivity contribution in [1.29, 1.82) is 0 Å². The van der Waals surface area contributed by atoms with Crippen molar-refractivity contribution in [3.05, 3.63) is 54.0 Å². The highest BCUT2D eigenvalue weighted by Crippen LogP contribution is 2.41. The van der Waals surface area contributed by atoms with E-state index < -0.39 is 24.2 Å². The molecule has 0 unspecified atom stereocenters. The van der Waals surface area contributed by atoms with E-state index in [1.807, 2.05) is 0 Å². The number of aliphatic hydroxyl groups is 1. The zero-order valence-electron chi connectivity index (χ0n) is 18.4. The molecule has 35 heavy (non-hydrogen) atoms. The lowest BCUT2D eigenvalue weighted by Crippen LogP contribution is -2.45. The van der Waals surface area contributed by atoms with Crippen molar-refractivity contribution < 1.29 is 27.4 Å². The summed E-state index contributed by atoms with van der Waals surface area (Å²) in [6.45, 7) is -0.371. The maximum absolute atomic E-state index is 15.4. The third-order valence-corrected chi connectivity index (χ3v) is 6.06. The summed E-state index contributed by atoms with van der Waals surface area (Å²) in [5.41, 5.74) is 6.43. The van der Waals surface area contributed by atoms with Gasteiger partial charge in [-0.25, -0.2) is 9.37 Å². The molecule has 3 aromatic heterocycles. The Kier molecular flexibility index (Phi) is 6.03. The molecule has 0 bridgehead atoms. The number of hydrogen-bond acceptors (Lipinski definition) is 7.